The fourth-order valence-electron chi connectivity index (χ4n) is 3.98. The summed E-state index contributed by atoms with van der Waals surface area (Å²) < 4.78 is 5.29. The second-order valence-corrected chi connectivity index (χ2v) is 7.05. The highest BCUT2D eigenvalue weighted by Crippen LogP contribution is 2.49. The summed E-state index contributed by atoms with van der Waals surface area (Å²) in [6.45, 7) is 8.44. The minimum atomic E-state index is -0.650. The summed E-state index contributed by atoms with van der Waals surface area (Å²) in [5.74, 6) is 1.11. The minimum Gasteiger partial charge on any atom is -0.497 e. The van der Waals surface area contributed by atoms with Crippen LogP contribution in [-0.4, -0.2) is 17.8 Å². The van der Waals surface area contributed by atoms with Crippen LogP contribution in [0.4, 0.5) is 0 Å². The molecule has 0 unspecified atom stereocenters. The third-order valence-corrected chi connectivity index (χ3v) is 5.07. The van der Waals surface area contributed by atoms with Crippen LogP contribution in [0.15, 0.2) is 36.9 Å². The van der Waals surface area contributed by atoms with E-state index in [0.29, 0.717) is 6.42 Å². The first-order valence-corrected chi connectivity index (χ1v) is 7.87. The summed E-state index contributed by atoms with van der Waals surface area (Å²) in [5, 5.41) is 11.3. The largest absolute Gasteiger partial charge is 0.497 e. The zero-order valence-corrected chi connectivity index (χ0v) is 13.6. The molecular weight excluding hydrogens is 260 g/mol. The predicted octanol–water partition coefficient (Wildman–Crippen LogP) is 4.37. The number of allylic oxidation sites excluding steroid dienone is 1. The van der Waals surface area contributed by atoms with Crippen molar-refractivity contribution in [1.82, 2.24) is 0 Å². The van der Waals surface area contributed by atoms with Gasteiger partial charge in [0.15, 0.2) is 0 Å². The Morgan fingerprint density at radius 1 is 1.38 bits per heavy atom. The van der Waals surface area contributed by atoms with Crippen molar-refractivity contribution in [2.75, 3.05) is 7.11 Å². The molecule has 1 aromatic rings. The molecule has 0 aliphatic heterocycles. The molecule has 0 aromatic heterocycles. The monoisotopic (exact) mass is 288 g/mol. The van der Waals surface area contributed by atoms with Crippen molar-refractivity contribution in [3.8, 4) is 5.75 Å². The van der Waals surface area contributed by atoms with Crippen molar-refractivity contribution in [1.29, 1.82) is 0 Å². The van der Waals surface area contributed by atoms with E-state index in [1.54, 1.807) is 7.11 Å². The van der Waals surface area contributed by atoms with Crippen LogP contribution in [0, 0.1) is 11.3 Å². The molecule has 0 heterocycles. The van der Waals surface area contributed by atoms with Gasteiger partial charge in [0.2, 0.25) is 0 Å². The fourth-order valence-corrected chi connectivity index (χ4v) is 3.98. The molecular formula is C19H28O2. The van der Waals surface area contributed by atoms with Crippen molar-refractivity contribution >= 4 is 0 Å². The first-order valence-electron chi connectivity index (χ1n) is 7.87. The number of ether oxygens (including phenoxy) is 1. The number of aliphatic hydroxyl groups is 1. The molecule has 1 saturated carbocycles. The van der Waals surface area contributed by atoms with Gasteiger partial charge in [-0.1, -0.05) is 38.5 Å². The maximum atomic E-state index is 11.3. The molecule has 116 valence electrons. The summed E-state index contributed by atoms with van der Waals surface area (Å²) in [5.41, 5.74) is 0.645. The van der Waals surface area contributed by atoms with Gasteiger partial charge in [-0.25, -0.2) is 0 Å². The van der Waals surface area contributed by atoms with Crippen molar-refractivity contribution in [2.45, 2.75) is 51.6 Å². The van der Waals surface area contributed by atoms with Crippen LogP contribution >= 0.6 is 0 Å². The van der Waals surface area contributed by atoms with Crippen LogP contribution in [0.3, 0.4) is 0 Å². The standard InChI is InChI=1S/C19H28O2/c1-5-8-17-18(2,3)11-7-12-19(17,20)14-15-9-6-10-16(13-15)21-4/h5-6,9-10,13,17,20H,1,7-8,11-12,14H2,2-4H3/t17-,19-/m0/s1. The van der Waals surface area contributed by atoms with Gasteiger partial charge in [-0.15, -0.1) is 6.58 Å². The summed E-state index contributed by atoms with van der Waals surface area (Å²) >= 11 is 0. The SMILES string of the molecule is C=CC[C@H]1C(C)(C)CCC[C@]1(O)Cc1cccc(OC)c1. The lowest BCUT2D eigenvalue weighted by Gasteiger charge is -2.49. The Morgan fingerprint density at radius 3 is 2.81 bits per heavy atom. The summed E-state index contributed by atoms with van der Waals surface area (Å²) in [4.78, 5) is 0. The number of hydrogen-bond acceptors (Lipinski definition) is 2. The molecule has 1 aromatic carbocycles. The van der Waals surface area contributed by atoms with Crippen LogP contribution in [0.25, 0.3) is 0 Å². The quantitative estimate of drug-likeness (QED) is 0.815. The zero-order valence-electron chi connectivity index (χ0n) is 13.6. The average Bonchev–Trinajstić information content (AvgIpc) is 2.43. The minimum absolute atomic E-state index is 0.153. The predicted molar refractivity (Wildman–Crippen MR) is 87.6 cm³/mol. The maximum absolute atomic E-state index is 11.3. The van der Waals surface area contributed by atoms with E-state index < -0.39 is 5.60 Å². The summed E-state index contributed by atoms with van der Waals surface area (Å²) in [7, 11) is 1.68. The Morgan fingerprint density at radius 2 is 2.14 bits per heavy atom. The van der Waals surface area contributed by atoms with Crippen LogP contribution in [0.5, 0.6) is 5.75 Å². The van der Waals surface area contributed by atoms with Crippen LogP contribution in [0.2, 0.25) is 0 Å². The first-order chi connectivity index (χ1) is 9.91. The lowest BCUT2D eigenvalue weighted by Crippen LogP contribution is -2.50. The highest BCUT2D eigenvalue weighted by Gasteiger charge is 2.47. The van der Waals surface area contributed by atoms with Gasteiger partial charge in [0.05, 0.1) is 12.7 Å². The molecule has 0 saturated heterocycles. The van der Waals surface area contributed by atoms with Crippen LogP contribution < -0.4 is 4.74 Å². The Kier molecular flexibility index (Phi) is 4.77. The summed E-state index contributed by atoms with van der Waals surface area (Å²) in [6.07, 6.45) is 6.63. The lowest BCUT2D eigenvalue weighted by molar-refractivity contribution is -0.100. The van der Waals surface area contributed by atoms with E-state index in [2.05, 4.69) is 26.5 Å². The van der Waals surface area contributed by atoms with Gasteiger partial charge < -0.3 is 9.84 Å². The highest BCUT2D eigenvalue weighted by molar-refractivity contribution is 5.30. The second kappa shape index (κ2) is 6.23. The molecule has 1 aliphatic rings. The van der Waals surface area contributed by atoms with E-state index in [9.17, 15) is 5.11 Å². The Balaban J connectivity index is 2.26. The van der Waals surface area contributed by atoms with Gasteiger partial charge >= 0.3 is 0 Å². The molecule has 2 atom stereocenters. The Hall–Kier alpha value is -1.28. The fraction of sp³-hybridized carbons (Fsp3) is 0.579. The average molecular weight is 288 g/mol. The number of benzene rings is 1. The van der Waals surface area contributed by atoms with Crippen LogP contribution in [-0.2, 0) is 6.42 Å². The van der Waals surface area contributed by atoms with Crippen molar-refractivity contribution < 1.29 is 9.84 Å². The Bertz CT molecular complexity index is 492. The van der Waals surface area contributed by atoms with Gasteiger partial charge in [-0.3, -0.25) is 0 Å². The lowest BCUT2D eigenvalue weighted by atomic mass is 9.59. The normalized spacial score (nSPS) is 28.1. The molecule has 1 aliphatic carbocycles. The van der Waals surface area contributed by atoms with Crippen molar-refractivity contribution in [3.05, 3.63) is 42.5 Å². The molecule has 2 heteroatoms. The van der Waals surface area contributed by atoms with E-state index in [0.717, 1.165) is 30.6 Å². The number of hydrogen-bond donors (Lipinski definition) is 1. The molecule has 0 bridgehead atoms. The number of rotatable bonds is 5. The van der Waals surface area contributed by atoms with Gasteiger partial charge in [0.25, 0.3) is 0 Å². The van der Waals surface area contributed by atoms with E-state index in [1.165, 1.54) is 6.42 Å². The van der Waals surface area contributed by atoms with Gasteiger partial charge in [-0.05, 0) is 48.3 Å². The highest BCUT2D eigenvalue weighted by atomic mass is 16.5. The zero-order chi connectivity index (χ0) is 15.5. The van der Waals surface area contributed by atoms with Crippen molar-refractivity contribution in [3.63, 3.8) is 0 Å². The van der Waals surface area contributed by atoms with Gasteiger partial charge in [0.1, 0.15) is 5.75 Å². The first kappa shape index (κ1) is 16.1. The topological polar surface area (TPSA) is 29.5 Å². The Labute approximate surface area is 128 Å². The third-order valence-electron chi connectivity index (χ3n) is 5.07. The second-order valence-electron chi connectivity index (χ2n) is 7.05. The van der Waals surface area contributed by atoms with E-state index >= 15 is 0 Å². The van der Waals surface area contributed by atoms with Crippen molar-refractivity contribution in [2.24, 2.45) is 11.3 Å². The number of methoxy groups -OCH3 is 1. The molecule has 1 fully saturated rings. The van der Waals surface area contributed by atoms with Gasteiger partial charge in [-0.2, -0.15) is 0 Å². The molecule has 0 spiro atoms. The van der Waals surface area contributed by atoms with E-state index in [-0.39, 0.29) is 11.3 Å². The van der Waals surface area contributed by atoms with E-state index in [4.69, 9.17) is 4.74 Å². The smallest absolute Gasteiger partial charge is 0.119 e. The van der Waals surface area contributed by atoms with Crippen LogP contribution in [0.1, 0.15) is 45.1 Å². The molecule has 1 N–H and O–H groups in total. The van der Waals surface area contributed by atoms with Gasteiger partial charge in [0, 0.05) is 6.42 Å². The molecule has 2 nitrogen and oxygen atoms in total. The third kappa shape index (κ3) is 3.49. The molecule has 21 heavy (non-hydrogen) atoms. The molecule has 2 rings (SSSR count). The maximum Gasteiger partial charge on any atom is 0.119 e. The van der Waals surface area contributed by atoms with E-state index in [1.807, 2.05) is 24.3 Å². The molecule has 0 radical (unpaired) electrons. The molecule has 0 amide bonds. The summed E-state index contributed by atoms with van der Waals surface area (Å²) in [6, 6.07) is 8.05.